The molecule has 0 saturated heterocycles. The van der Waals surface area contributed by atoms with E-state index >= 15 is 0 Å². The van der Waals surface area contributed by atoms with Crippen LogP contribution in [-0.4, -0.2) is 9.73 Å². The zero-order valence-corrected chi connectivity index (χ0v) is 29.9. The summed E-state index contributed by atoms with van der Waals surface area (Å²) in [6.45, 7) is 2.18. The van der Waals surface area contributed by atoms with Crippen LogP contribution in [0.5, 0.6) is 0 Å². The minimum atomic E-state index is -2.78. The number of rotatable bonds is 10. The van der Waals surface area contributed by atoms with Gasteiger partial charge in [0.25, 0.3) is 4.36 Å². The van der Waals surface area contributed by atoms with Crippen LogP contribution in [-0.2, 0) is 20.4 Å². The Labute approximate surface area is 293 Å². The Kier molecular flexibility index (Phi) is 11.2. The predicted molar refractivity (Wildman–Crippen MR) is 199 cm³/mol. The minimum Gasteiger partial charge on any atom is -0.112 e. The first-order valence-electron chi connectivity index (χ1n) is 15.1. The van der Waals surface area contributed by atoms with Crippen molar-refractivity contribution < 1.29 is 20.4 Å². The van der Waals surface area contributed by atoms with Crippen LogP contribution < -0.4 is 31.8 Å². The molecule has 45 heavy (non-hydrogen) atoms. The molecule has 0 aromatic heterocycles. The minimum absolute atomic E-state index is 0. The molecule has 0 spiro atoms. The number of hydrogen-bond donors (Lipinski definition) is 0. The van der Waals surface area contributed by atoms with Crippen molar-refractivity contribution in [3.05, 3.63) is 182 Å². The number of benzene rings is 6. The molecule has 0 aliphatic carbocycles. The van der Waals surface area contributed by atoms with Crippen LogP contribution in [0.15, 0.2) is 182 Å². The van der Waals surface area contributed by atoms with E-state index < -0.39 is 24.3 Å². The van der Waals surface area contributed by atoms with Crippen LogP contribution >= 0.6 is 37.7 Å². The van der Waals surface area contributed by atoms with E-state index in [-0.39, 0.29) is 20.4 Å². The summed E-state index contributed by atoms with van der Waals surface area (Å²) in [5.74, 6) is 0. The van der Waals surface area contributed by atoms with Crippen LogP contribution in [0, 0.1) is 0 Å². The standard InChI is InChI=1S/C40H36Cl2P2.Pd/c1-2-39(41)40(42,43(33-21-9-3-10-22-33,34-23-11-4-12-24-34)35-25-13-5-14-26-35)44(36-27-15-6-16-28-36,37-29-17-7-18-30-37)38-31-19-8-20-32-38;/h3-32,39H,2H2,1H3;/q+2;. The molecule has 0 aliphatic rings. The first kappa shape index (κ1) is 33.8. The van der Waals surface area contributed by atoms with E-state index in [9.17, 15) is 0 Å². The summed E-state index contributed by atoms with van der Waals surface area (Å²) in [5.41, 5.74) is 0. The van der Waals surface area contributed by atoms with Crippen molar-refractivity contribution in [2.45, 2.75) is 23.1 Å². The van der Waals surface area contributed by atoms with E-state index in [1.54, 1.807) is 0 Å². The Morgan fingerprint density at radius 1 is 0.422 bits per heavy atom. The van der Waals surface area contributed by atoms with Crippen LogP contribution in [0.1, 0.15) is 13.3 Å². The summed E-state index contributed by atoms with van der Waals surface area (Å²) in [7, 11) is -5.57. The summed E-state index contributed by atoms with van der Waals surface area (Å²) in [5, 5.41) is 6.93. The molecule has 0 nitrogen and oxygen atoms in total. The third-order valence-corrected chi connectivity index (χ3v) is 22.1. The van der Waals surface area contributed by atoms with Gasteiger partial charge in [-0.1, -0.05) is 116 Å². The van der Waals surface area contributed by atoms with Gasteiger partial charge in [0.05, 0.1) is 0 Å². The number of hydrogen-bond acceptors (Lipinski definition) is 0. The molecule has 5 heteroatoms. The molecule has 6 rings (SSSR count). The van der Waals surface area contributed by atoms with Gasteiger partial charge in [-0.2, -0.15) is 0 Å². The summed E-state index contributed by atoms with van der Waals surface area (Å²) in [6, 6.07) is 65.7. The molecule has 1 atom stereocenters. The molecule has 0 saturated carbocycles. The maximum Gasteiger partial charge on any atom is 0.293 e. The van der Waals surface area contributed by atoms with E-state index in [4.69, 9.17) is 23.2 Å². The summed E-state index contributed by atoms with van der Waals surface area (Å²) >= 11 is 17.0. The molecular formula is C40H36Cl2P2Pd+2. The van der Waals surface area contributed by atoms with Gasteiger partial charge in [0.15, 0.2) is 14.5 Å². The van der Waals surface area contributed by atoms with Gasteiger partial charge in [-0.15, -0.1) is 11.6 Å². The molecular weight excluding hydrogens is 720 g/mol. The second-order valence-electron chi connectivity index (χ2n) is 10.9. The first-order chi connectivity index (χ1) is 21.6. The zero-order chi connectivity index (χ0) is 30.5. The maximum absolute atomic E-state index is 9.01. The van der Waals surface area contributed by atoms with E-state index in [0.29, 0.717) is 6.42 Å². The topological polar surface area (TPSA) is 0 Å². The maximum atomic E-state index is 9.01. The third kappa shape index (κ3) is 5.58. The largest absolute Gasteiger partial charge is 0.293 e. The predicted octanol–water partition coefficient (Wildman–Crippen LogP) is 8.88. The van der Waals surface area contributed by atoms with Crippen molar-refractivity contribution in [1.29, 1.82) is 0 Å². The van der Waals surface area contributed by atoms with Crippen molar-refractivity contribution in [2.75, 3.05) is 0 Å². The van der Waals surface area contributed by atoms with Gasteiger partial charge >= 0.3 is 0 Å². The van der Waals surface area contributed by atoms with Gasteiger partial charge in [-0.05, 0) is 90.8 Å². The zero-order valence-electron chi connectivity index (χ0n) is 25.1. The van der Waals surface area contributed by atoms with Gasteiger partial charge in [-0.3, -0.25) is 0 Å². The van der Waals surface area contributed by atoms with Crippen LogP contribution in [0.3, 0.4) is 0 Å². The Morgan fingerprint density at radius 3 is 0.756 bits per heavy atom. The average molecular weight is 756 g/mol. The van der Waals surface area contributed by atoms with Crippen molar-refractivity contribution in [1.82, 2.24) is 0 Å². The van der Waals surface area contributed by atoms with Crippen LogP contribution in [0.4, 0.5) is 0 Å². The van der Waals surface area contributed by atoms with Crippen molar-refractivity contribution in [3.63, 3.8) is 0 Å². The van der Waals surface area contributed by atoms with Gasteiger partial charge in [0.2, 0.25) is 0 Å². The van der Waals surface area contributed by atoms with Crippen molar-refractivity contribution in [2.24, 2.45) is 0 Å². The molecule has 1 unspecified atom stereocenters. The normalized spacial score (nSPS) is 12.6. The quantitative estimate of drug-likeness (QED) is 0.0745. The molecule has 0 heterocycles. The second kappa shape index (κ2) is 14.9. The van der Waals surface area contributed by atoms with E-state index in [2.05, 4.69) is 189 Å². The fourth-order valence-electron chi connectivity index (χ4n) is 6.80. The van der Waals surface area contributed by atoms with Gasteiger partial charge < -0.3 is 0 Å². The van der Waals surface area contributed by atoms with E-state index in [0.717, 1.165) is 0 Å². The first-order valence-corrected chi connectivity index (χ1v) is 19.5. The van der Waals surface area contributed by atoms with E-state index in [1.807, 2.05) is 0 Å². The summed E-state index contributed by atoms with van der Waals surface area (Å²) < 4.78 is -0.982. The Bertz CT molecular complexity index is 1430. The van der Waals surface area contributed by atoms with E-state index in [1.165, 1.54) is 31.8 Å². The van der Waals surface area contributed by atoms with Crippen molar-refractivity contribution >= 4 is 69.6 Å². The number of halogens is 2. The average Bonchev–Trinajstić information content (AvgIpc) is 3.11. The van der Waals surface area contributed by atoms with Gasteiger partial charge in [-0.25, -0.2) is 0 Å². The van der Waals surface area contributed by atoms with Crippen LogP contribution in [0.2, 0.25) is 0 Å². The smallest absolute Gasteiger partial charge is 0.112 e. The molecule has 0 aliphatic heterocycles. The molecule has 6 aromatic carbocycles. The fraction of sp³-hybridized carbons (Fsp3) is 0.100. The SMILES string of the molecule is CCC(Cl)C(Cl)([P+](c1ccccc1)(c1ccccc1)c1ccccc1)[P+](c1ccccc1)(c1ccccc1)c1ccccc1.[Pd]. The molecule has 228 valence electrons. The summed E-state index contributed by atoms with van der Waals surface area (Å²) in [6.07, 6.45) is 0.702. The monoisotopic (exact) mass is 754 g/mol. The number of alkyl halides is 2. The fourth-order valence-corrected chi connectivity index (χ4v) is 22.3. The third-order valence-electron chi connectivity index (χ3n) is 8.56. The van der Waals surface area contributed by atoms with Gasteiger partial charge in [0, 0.05) is 20.4 Å². The summed E-state index contributed by atoms with van der Waals surface area (Å²) in [4.78, 5) is 0. The Balaban J connectivity index is 0.00000400. The van der Waals surface area contributed by atoms with Gasteiger partial charge in [0.1, 0.15) is 37.2 Å². The van der Waals surface area contributed by atoms with Crippen LogP contribution in [0.25, 0.3) is 0 Å². The molecule has 0 bridgehead atoms. The molecule has 0 radical (unpaired) electrons. The molecule has 0 N–H and O–H groups in total. The van der Waals surface area contributed by atoms with Crippen molar-refractivity contribution in [3.8, 4) is 0 Å². The Hall–Kier alpha value is -2.58. The molecule has 0 fully saturated rings. The molecule has 0 amide bonds. The molecule has 6 aromatic rings. The Morgan fingerprint density at radius 2 is 0.600 bits per heavy atom. The second-order valence-corrected chi connectivity index (χ2v) is 20.1.